The molecule has 0 aliphatic heterocycles. The number of thioether (sulfide) groups is 1. The average Bonchev–Trinajstić information content (AvgIpc) is 2.56. The maximum Gasteiger partial charge on any atom is 0.332 e. The third kappa shape index (κ3) is 4.45. The molecule has 8 nitrogen and oxygen atoms in total. The molecule has 2 heterocycles. The molecule has 28 heavy (non-hydrogen) atoms. The van der Waals surface area contributed by atoms with Gasteiger partial charge >= 0.3 is 11.7 Å². The zero-order valence-corrected chi connectivity index (χ0v) is 18.6. The van der Waals surface area contributed by atoms with E-state index in [1.54, 1.807) is 27.8 Å². The average molecular weight is 409 g/mol. The van der Waals surface area contributed by atoms with Gasteiger partial charge in [0.1, 0.15) is 21.0 Å². The van der Waals surface area contributed by atoms with E-state index in [4.69, 9.17) is 4.74 Å². The van der Waals surface area contributed by atoms with Crippen molar-refractivity contribution in [3.8, 4) is 0 Å². The molecule has 0 aromatic carbocycles. The van der Waals surface area contributed by atoms with Crippen LogP contribution >= 0.6 is 11.8 Å². The van der Waals surface area contributed by atoms with Gasteiger partial charge in [-0.1, -0.05) is 32.5 Å². The van der Waals surface area contributed by atoms with E-state index in [0.717, 1.165) is 16.3 Å². The van der Waals surface area contributed by atoms with Gasteiger partial charge in [-0.25, -0.2) is 14.8 Å². The standard InChI is InChI=1S/C19H28N4O4S/c1-9-27-16(25)19(5,6)28-14-12-13(20-11(21-14)10-18(2,3)4)22(7)17(26)23(8)15(12)24/h9-10H2,1-8H3. The summed E-state index contributed by atoms with van der Waals surface area (Å²) in [6, 6.07) is 0. The molecule has 0 atom stereocenters. The van der Waals surface area contributed by atoms with Crippen molar-refractivity contribution in [3.05, 3.63) is 26.7 Å². The Morgan fingerprint density at radius 2 is 1.68 bits per heavy atom. The van der Waals surface area contributed by atoms with Gasteiger partial charge in [0, 0.05) is 20.5 Å². The number of fused-ring (bicyclic) bond motifs is 1. The van der Waals surface area contributed by atoms with Crippen molar-refractivity contribution in [2.45, 2.75) is 57.7 Å². The number of aromatic nitrogens is 4. The Morgan fingerprint density at radius 1 is 1.07 bits per heavy atom. The lowest BCUT2D eigenvalue weighted by molar-refractivity contribution is -0.145. The number of carbonyl (C=O) groups is 1. The Morgan fingerprint density at radius 3 is 2.21 bits per heavy atom. The normalized spacial score (nSPS) is 12.4. The van der Waals surface area contributed by atoms with Crippen LogP contribution in [0.15, 0.2) is 14.6 Å². The number of hydrogen-bond acceptors (Lipinski definition) is 7. The fraction of sp³-hybridized carbons (Fsp3) is 0.632. The lowest BCUT2D eigenvalue weighted by atomic mass is 9.92. The molecule has 2 rings (SSSR count). The molecule has 154 valence electrons. The van der Waals surface area contributed by atoms with E-state index < -0.39 is 22.0 Å². The van der Waals surface area contributed by atoms with E-state index in [2.05, 4.69) is 30.7 Å². The van der Waals surface area contributed by atoms with Crippen LogP contribution in [0.5, 0.6) is 0 Å². The highest BCUT2D eigenvalue weighted by atomic mass is 32.2. The van der Waals surface area contributed by atoms with Gasteiger partial charge in [-0.15, -0.1) is 0 Å². The van der Waals surface area contributed by atoms with Crippen LogP contribution in [0.25, 0.3) is 11.0 Å². The van der Waals surface area contributed by atoms with Gasteiger partial charge in [0.15, 0.2) is 5.65 Å². The molecule has 0 aliphatic rings. The Labute approximate surface area is 168 Å². The molecule has 0 bridgehead atoms. The Bertz CT molecular complexity index is 1030. The van der Waals surface area contributed by atoms with Gasteiger partial charge in [-0.05, 0) is 26.2 Å². The zero-order chi connectivity index (χ0) is 21.4. The molecule has 0 saturated carbocycles. The van der Waals surface area contributed by atoms with Crippen LogP contribution in [0.2, 0.25) is 0 Å². The minimum Gasteiger partial charge on any atom is -0.465 e. The van der Waals surface area contributed by atoms with E-state index in [1.807, 2.05) is 0 Å². The molecule has 0 spiro atoms. The van der Waals surface area contributed by atoms with E-state index in [9.17, 15) is 14.4 Å². The SMILES string of the molecule is CCOC(=O)C(C)(C)Sc1nc(CC(C)(C)C)nc2c1c(=O)n(C)c(=O)n2C. The van der Waals surface area contributed by atoms with Gasteiger partial charge in [-0.2, -0.15) is 0 Å². The summed E-state index contributed by atoms with van der Waals surface area (Å²) < 4.78 is 6.56. The monoisotopic (exact) mass is 408 g/mol. The maximum atomic E-state index is 12.8. The van der Waals surface area contributed by atoms with E-state index in [1.165, 1.54) is 11.6 Å². The molecule has 0 amide bonds. The van der Waals surface area contributed by atoms with E-state index in [-0.39, 0.29) is 23.1 Å². The molecule has 2 aromatic heterocycles. The first-order valence-electron chi connectivity index (χ1n) is 9.11. The van der Waals surface area contributed by atoms with Crippen LogP contribution in [-0.4, -0.2) is 36.4 Å². The fourth-order valence-corrected chi connectivity index (χ4v) is 3.74. The number of ether oxygens (including phenoxy) is 1. The topological polar surface area (TPSA) is 96.1 Å². The molecule has 0 radical (unpaired) electrons. The van der Waals surface area contributed by atoms with Crippen molar-refractivity contribution in [3.63, 3.8) is 0 Å². The Balaban J connectivity index is 2.79. The third-order valence-electron chi connectivity index (χ3n) is 4.12. The summed E-state index contributed by atoms with van der Waals surface area (Å²) in [6.45, 7) is 11.6. The molecule has 9 heteroatoms. The number of aryl methyl sites for hydroxylation is 1. The minimum absolute atomic E-state index is 0.0924. The van der Waals surface area contributed by atoms with Crippen LogP contribution < -0.4 is 11.2 Å². The summed E-state index contributed by atoms with van der Waals surface area (Å²) in [5.41, 5.74) is -0.768. The first-order valence-corrected chi connectivity index (χ1v) is 9.93. The predicted molar refractivity (Wildman–Crippen MR) is 110 cm³/mol. The number of nitrogens with zero attached hydrogens (tertiary/aromatic N) is 4. The molecule has 0 fully saturated rings. The summed E-state index contributed by atoms with van der Waals surface area (Å²) >= 11 is 1.15. The third-order valence-corrected chi connectivity index (χ3v) is 5.29. The highest BCUT2D eigenvalue weighted by Gasteiger charge is 2.33. The van der Waals surface area contributed by atoms with Crippen LogP contribution in [-0.2, 0) is 30.0 Å². The number of hydrogen-bond donors (Lipinski definition) is 0. The van der Waals surface area contributed by atoms with Crippen LogP contribution in [0.4, 0.5) is 0 Å². The smallest absolute Gasteiger partial charge is 0.332 e. The van der Waals surface area contributed by atoms with Crippen molar-refractivity contribution in [2.75, 3.05) is 6.61 Å². The zero-order valence-electron chi connectivity index (χ0n) is 17.7. The Hall–Kier alpha value is -2.16. The first-order chi connectivity index (χ1) is 12.8. The van der Waals surface area contributed by atoms with Gasteiger partial charge in [0.2, 0.25) is 0 Å². The summed E-state index contributed by atoms with van der Waals surface area (Å²) in [7, 11) is 2.99. The molecule has 0 saturated heterocycles. The van der Waals surface area contributed by atoms with Crippen LogP contribution in [0, 0.1) is 5.41 Å². The van der Waals surface area contributed by atoms with Gasteiger partial charge in [-0.3, -0.25) is 18.7 Å². The molecule has 0 unspecified atom stereocenters. The molecule has 0 aliphatic carbocycles. The van der Waals surface area contributed by atoms with Crippen LogP contribution in [0.3, 0.4) is 0 Å². The van der Waals surface area contributed by atoms with Gasteiger partial charge in [0.05, 0.1) is 6.61 Å². The summed E-state index contributed by atoms with van der Waals surface area (Å²) in [4.78, 5) is 46.7. The predicted octanol–water partition coefficient (Wildman–Crippen LogP) is 2.05. The van der Waals surface area contributed by atoms with E-state index >= 15 is 0 Å². The van der Waals surface area contributed by atoms with Crippen molar-refractivity contribution in [2.24, 2.45) is 19.5 Å². The quantitative estimate of drug-likeness (QED) is 0.424. The Kier molecular flexibility index (Phi) is 6.08. The van der Waals surface area contributed by atoms with Crippen molar-refractivity contribution in [1.82, 2.24) is 19.1 Å². The highest BCUT2D eigenvalue weighted by molar-refractivity contribution is 8.01. The first kappa shape index (κ1) is 22.1. The van der Waals surface area contributed by atoms with Gasteiger partial charge in [0.25, 0.3) is 5.56 Å². The molecular formula is C19H28N4O4S. The van der Waals surface area contributed by atoms with Crippen LogP contribution in [0.1, 0.15) is 47.4 Å². The van der Waals surface area contributed by atoms with Gasteiger partial charge < -0.3 is 4.74 Å². The van der Waals surface area contributed by atoms with Crippen molar-refractivity contribution < 1.29 is 9.53 Å². The summed E-state index contributed by atoms with van der Waals surface area (Å²) in [5.74, 6) is 0.121. The second-order valence-corrected chi connectivity index (χ2v) is 10.0. The second-order valence-electron chi connectivity index (χ2n) is 8.42. The summed E-state index contributed by atoms with van der Waals surface area (Å²) in [6.07, 6.45) is 0.555. The van der Waals surface area contributed by atoms with Crippen molar-refractivity contribution in [1.29, 1.82) is 0 Å². The fourth-order valence-electron chi connectivity index (χ4n) is 2.69. The molecular weight excluding hydrogens is 380 g/mol. The molecule has 0 N–H and O–H groups in total. The number of esters is 1. The largest absolute Gasteiger partial charge is 0.465 e. The maximum absolute atomic E-state index is 12.8. The summed E-state index contributed by atoms with van der Waals surface area (Å²) in [5, 5.41) is 0.600. The lowest BCUT2D eigenvalue weighted by Crippen LogP contribution is -2.38. The van der Waals surface area contributed by atoms with E-state index in [0.29, 0.717) is 17.3 Å². The number of rotatable bonds is 5. The number of carbonyl (C=O) groups excluding carboxylic acids is 1. The minimum atomic E-state index is -0.962. The highest BCUT2D eigenvalue weighted by Crippen LogP contribution is 2.35. The second kappa shape index (κ2) is 7.69. The lowest BCUT2D eigenvalue weighted by Gasteiger charge is -2.23. The van der Waals surface area contributed by atoms with Crippen molar-refractivity contribution >= 4 is 28.8 Å². The molecule has 2 aromatic rings.